The number of carbonyl (C=O) groups excluding carboxylic acids is 1. The van der Waals surface area contributed by atoms with E-state index in [1.54, 1.807) is 11.8 Å². The Bertz CT molecular complexity index is 219. The molecular formula is C12H24N2OS. The number of likely N-dealkylation sites (N-methyl/N-ethyl adjacent to an activating group) is 1. The molecule has 0 heterocycles. The molecule has 0 aliphatic heterocycles. The van der Waals surface area contributed by atoms with Gasteiger partial charge in [0.25, 0.3) is 0 Å². The molecule has 3 nitrogen and oxygen atoms in total. The van der Waals surface area contributed by atoms with Gasteiger partial charge in [0, 0.05) is 13.1 Å². The van der Waals surface area contributed by atoms with Gasteiger partial charge < -0.3 is 10.6 Å². The Labute approximate surface area is 103 Å². The number of amides is 1. The summed E-state index contributed by atoms with van der Waals surface area (Å²) in [6.45, 7) is 3.75. The van der Waals surface area contributed by atoms with Crippen molar-refractivity contribution < 1.29 is 4.79 Å². The molecule has 94 valence electrons. The second-order valence-corrected chi connectivity index (χ2v) is 5.55. The first-order valence-electron chi connectivity index (χ1n) is 6.22. The lowest BCUT2D eigenvalue weighted by atomic mass is 9.85. The SMILES string of the molecule is CCN(CC1CCC1)C(=O)[C@@H](N)CCSC. The molecule has 0 aromatic rings. The van der Waals surface area contributed by atoms with Gasteiger partial charge in [0.05, 0.1) is 6.04 Å². The van der Waals surface area contributed by atoms with Gasteiger partial charge in [-0.2, -0.15) is 11.8 Å². The molecule has 1 amide bonds. The fourth-order valence-electron chi connectivity index (χ4n) is 1.96. The van der Waals surface area contributed by atoms with Crippen molar-refractivity contribution in [2.75, 3.05) is 25.1 Å². The molecule has 1 fully saturated rings. The third kappa shape index (κ3) is 3.98. The second kappa shape index (κ2) is 7.17. The van der Waals surface area contributed by atoms with E-state index in [1.165, 1.54) is 19.3 Å². The molecule has 0 spiro atoms. The van der Waals surface area contributed by atoms with Crippen molar-refractivity contribution in [2.24, 2.45) is 11.7 Å². The molecule has 16 heavy (non-hydrogen) atoms. The van der Waals surface area contributed by atoms with Crippen molar-refractivity contribution in [3.8, 4) is 0 Å². The van der Waals surface area contributed by atoms with Crippen molar-refractivity contribution in [2.45, 2.75) is 38.6 Å². The number of rotatable bonds is 7. The number of hydrogen-bond donors (Lipinski definition) is 1. The van der Waals surface area contributed by atoms with Crippen molar-refractivity contribution in [1.82, 2.24) is 4.90 Å². The Balaban J connectivity index is 2.34. The summed E-state index contributed by atoms with van der Waals surface area (Å²) < 4.78 is 0. The quantitative estimate of drug-likeness (QED) is 0.741. The van der Waals surface area contributed by atoms with Crippen molar-refractivity contribution in [3.05, 3.63) is 0 Å². The summed E-state index contributed by atoms with van der Waals surface area (Å²) in [4.78, 5) is 14.0. The Kier molecular flexibility index (Phi) is 6.21. The molecule has 0 aromatic heterocycles. The topological polar surface area (TPSA) is 46.3 Å². The monoisotopic (exact) mass is 244 g/mol. The standard InChI is InChI=1S/C12H24N2OS/c1-3-14(9-10-5-4-6-10)12(15)11(13)7-8-16-2/h10-11H,3-9,13H2,1-2H3/t11-/m0/s1. The first kappa shape index (κ1) is 13.8. The zero-order chi connectivity index (χ0) is 12.0. The van der Waals surface area contributed by atoms with E-state index in [2.05, 4.69) is 0 Å². The molecule has 1 aliphatic rings. The summed E-state index contributed by atoms with van der Waals surface area (Å²) in [5.41, 5.74) is 5.91. The van der Waals surface area contributed by atoms with Crippen LogP contribution in [0.3, 0.4) is 0 Å². The minimum atomic E-state index is -0.299. The average molecular weight is 244 g/mol. The van der Waals surface area contributed by atoms with E-state index in [0.717, 1.165) is 31.2 Å². The average Bonchev–Trinajstić information content (AvgIpc) is 2.24. The minimum absolute atomic E-state index is 0.142. The van der Waals surface area contributed by atoms with Crippen LogP contribution in [0.4, 0.5) is 0 Å². The lowest BCUT2D eigenvalue weighted by Gasteiger charge is -2.33. The zero-order valence-corrected chi connectivity index (χ0v) is 11.3. The first-order chi connectivity index (χ1) is 7.69. The van der Waals surface area contributed by atoms with E-state index < -0.39 is 0 Å². The molecule has 0 bridgehead atoms. The van der Waals surface area contributed by atoms with Crippen LogP contribution in [0.5, 0.6) is 0 Å². The van der Waals surface area contributed by atoms with Crippen LogP contribution in [0.25, 0.3) is 0 Å². The van der Waals surface area contributed by atoms with Crippen LogP contribution in [0.2, 0.25) is 0 Å². The summed E-state index contributed by atoms with van der Waals surface area (Å²) in [5.74, 6) is 1.84. The Morgan fingerprint density at radius 3 is 2.69 bits per heavy atom. The molecule has 0 saturated heterocycles. The predicted molar refractivity (Wildman–Crippen MR) is 70.6 cm³/mol. The van der Waals surface area contributed by atoms with Crippen LogP contribution in [0, 0.1) is 5.92 Å². The fraction of sp³-hybridized carbons (Fsp3) is 0.917. The highest BCUT2D eigenvalue weighted by Crippen LogP contribution is 2.27. The maximum Gasteiger partial charge on any atom is 0.239 e. The molecule has 1 atom stereocenters. The minimum Gasteiger partial charge on any atom is -0.341 e. The molecular weight excluding hydrogens is 220 g/mol. The summed E-state index contributed by atoms with van der Waals surface area (Å²) in [5, 5.41) is 0. The highest BCUT2D eigenvalue weighted by molar-refractivity contribution is 7.98. The second-order valence-electron chi connectivity index (χ2n) is 4.56. The molecule has 0 radical (unpaired) electrons. The number of thioether (sulfide) groups is 1. The molecule has 0 aromatic carbocycles. The molecule has 2 N–H and O–H groups in total. The predicted octanol–water partition coefficient (Wildman–Crippen LogP) is 1.72. The van der Waals surface area contributed by atoms with Crippen LogP contribution < -0.4 is 5.73 Å². The van der Waals surface area contributed by atoms with E-state index in [1.807, 2.05) is 18.1 Å². The van der Waals surface area contributed by atoms with E-state index in [4.69, 9.17) is 5.73 Å². The fourth-order valence-corrected chi connectivity index (χ4v) is 2.45. The van der Waals surface area contributed by atoms with Gasteiger partial charge in [-0.05, 0) is 44.1 Å². The normalized spacial score (nSPS) is 17.9. The van der Waals surface area contributed by atoms with Gasteiger partial charge in [-0.15, -0.1) is 0 Å². The molecule has 1 aliphatic carbocycles. The number of carbonyl (C=O) groups is 1. The van der Waals surface area contributed by atoms with Crippen LogP contribution in [0.15, 0.2) is 0 Å². The number of hydrogen-bond acceptors (Lipinski definition) is 3. The van der Waals surface area contributed by atoms with Crippen molar-refractivity contribution in [1.29, 1.82) is 0 Å². The van der Waals surface area contributed by atoms with Crippen LogP contribution in [-0.4, -0.2) is 41.9 Å². The molecule has 4 heteroatoms. The van der Waals surface area contributed by atoms with E-state index in [0.29, 0.717) is 0 Å². The largest absolute Gasteiger partial charge is 0.341 e. The summed E-state index contributed by atoms with van der Waals surface area (Å²) >= 11 is 1.75. The van der Waals surface area contributed by atoms with Gasteiger partial charge in [0.15, 0.2) is 0 Å². The van der Waals surface area contributed by atoms with Crippen molar-refractivity contribution in [3.63, 3.8) is 0 Å². The number of nitrogens with zero attached hydrogens (tertiary/aromatic N) is 1. The Morgan fingerprint density at radius 1 is 1.56 bits per heavy atom. The maximum atomic E-state index is 12.0. The maximum absolute atomic E-state index is 12.0. The Hall–Kier alpha value is -0.220. The van der Waals surface area contributed by atoms with E-state index in [9.17, 15) is 4.79 Å². The van der Waals surface area contributed by atoms with Gasteiger partial charge in [-0.25, -0.2) is 0 Å². The van der Waals surface area contributed by atoms with E-state index in [-0.39, 0.29) is 11.9 Å². The molecule has 1 rings (SSSR count). The van der Waals surface area contributed by atoms with Crippen molar-refractivity contribution >= 4 is 17.7 Å². The highest BCUT2D eigenvalue weighted by atomic mass is 32.2. The van der Waals surface area contributed by atoms with Crippen LogP contribution in [-0.2, 0) is 4.79 Å². The zero-order valence-electron chi connectivity index (χ0n) is 10.4. The summed E-state index contributed by atoms with van der Waals surface area (Å²) in [6.07, 6.45) is 6.73. The Morgan fingerprint density at radius 2 is 2.25 bits per heavy atom. The van der Waals surface area contributed by atoms with Crippen LogP contribution >= 0.6 is 11.8 Å². The molecule has 0 unspecified atom stereocenters. The van der Waals surface area contributed by atoms with Gasteiger partial charge in [0.2, 0.25) is 5.91 Å². The third-order valence-electron chi connectivity index (χ3n) is 3.35. The lowest BCUT2D eigenvalue weighted by Crippen LogP contribution is -2.46. The van der Waals surface area contributed by atoms with Crippen LogP contribution in [0.1, 0.15) is 32.6 Å². The molecule has 1 saturated carbocycles. The van der Waals surface area contributed by atoms with E-state index >= 15 is 0 Å². The van der Waals surface area contributed by atoms with Gasteiger partial charge in [-0.1, -0.05) is 6.42 Å². The third-order valence-corrected chi connectivity index (χ3v) is 3.99. The van der Waals surface area contributed by atoms with Gasteiger partial charge in [0.1, 0.15) is 0 Å². The summed E-state index contributed by atoms with van der Waals surface area (Å²) in [7, 11) is 0. The lowest BCUT2D eigenvalue weighted by molar-refractivity contribution is -0.133. The first-order valence-corrected chi connectivity index (χ1v) is 7.61. The van der Waals surface area contributed by atoms with Gasteiger partial charge >= 0.3 is 0 Å². The highest BCUT2D eigenvalue weighted by Gasteiger charge is 2.25. The number of nitrogens with two attached hydrogens (primary N) is 1. The summed E-state index contributed by atoms with van der Waals surface area (Å²) in [6, 6.07) is -0.299. The van der Waals surface area contributed by atoms with Gasteiger partial charge in [-0.3, -0.25) is 4.79 Å². The smallest absolute Gasteiger partial charge is 0.239 e.